The number of nitrogens with two attached hydrogens (primary N) is 1. The van der Waals surface area contributed by atoms with Gasteiger partial charge < -0.3 is 10.6 Å². The average molecular weight is 232 g/mol. The molecule has 0 aliphatic carbocycles. The van der Waals surface area contributed by atoms with E-state index in [2.05, 4.69) is 13.8 Å². The molecule has 92 valence electrons. The maximum atomic E-state index is 12.2. The van der Waals surface area contributed by atoms with Crippen LogP contribution in [0, 0.1) is 5.41 Å². The molecular formula is C14H20N2O. The quantitative estimate of drug-likeness (QED) is 0.847. The summed E-state index contributed by atoms with van der Waals surface area (Å²) >= 11 is 0. The van der Waals surface area contributed by atoms with Crippen molar-refractivity contribution in [2.75, 3.05) is 13.1 Å². The van der Waals surface area contributed by atoms with Gasteiger partial charge in [-0.15, -0.1) is 0 Å². The van der Waals surface area contributed by atoms with E-state index in [4.69, 9.17) is 5.73 Å². The first kappa shape index (κ1) is 12.1. The molecule has 1 unspecified atom stereocenters. The van der Waals surface area contributed by atoms with E-state index in [-0.39, 0.29) is 11.3 Å². The van der Waals surface area contributed by atoms with Gasteiger partial charge in [-0.2, -0.15) is 0 Å². The third-order valence-electron chi connectivity index (χ3n) is 3.41. The molecular weight excluding hydrogens is 212 g/mol. The van der Waals surface area contributed by atoms with Gasteiger partial charge in [0.25, 0.3) is 0 Å². The molecule has 1 aliphatic heterocycles. The van der Waals surface area contributed by atoms with Crippen LogP contribution in [0.3, 0.4) is 0 Å². The van der Waals surface area contributed by atoms with E-state index in [1.165, 1.54) is 0 Å². The molecule has 0 radical (unpaired) electrons. The van der Waals surface area contributed by atoms with Crippen LogP contribution in [-0.4, -0.2) is 23.9 Å². The lowest BCUT2D eigenvalue weighted by molar-refractivity contribution is -0.132. The molecule has 1 fully saturated rings. The van der Waals surface area contributed by atoms with Gasteiger partial charge in [-0.25, -0.2) is 0 Å². The first-order valence-corrected chi connectivity index (χ1v) is 6.09. The van der Waals surface area contributed by atoms with Crippen LogP contribution in [0.5, 0.6) is 0 Å². The van der Waals surface area contributed by atoms with Crippen molar-refractivity contribution in [1.29, 1.82) is 0 Å². The van der Waals surface area contributed by atoms with E-state index in [1.807, 2.05) is 35.2 Å². The second-order valence-corrected chi connectivity index (χ2v) is 5.56. The predicted molar refractivity (Wildman–Crippen MR) is 68.3 cm³/mol. The van der Waals surface area contributed by atoms with E-state index >= 15 is 0 Å². The predicted octanol–water partition coefficient (Wildman–Crippen LogP) is 1.94. The third kappa shape index (κ3) is 2.67. The van der Waals surface area contributed by atoms with Crippen LogP contribution in [0.4, 0.5) is 0 Å². The molecule has 17 heavy (non-hydrogen) atoms. The third-order valence-corrected chi connectivity index (χ3v) is 3.41. The number of carbonyl (C=O) groups excluding carboxylic acids is 1. The summed E-state index contributed by atoms with van der Waals surface area (Å²) in [6.07, 6.45) is 1.06. The minimum atomic E-state index is -0.523. The van der Waals surface area contributed by atoms with Gasteiger partial charge in [0.1, 0.15) is 6.04 Å². The summed E-state index contributed by atoms with van der Waals surface area (Å²) in [5, 5.41) is 0. The zero-order valence-electron chi connectivity index (χ0n) is 10.5. The Morgan fingerprint density at radius 2 is 2.00 bits per heavy atom. The Morgan fingerprint density at radius 1 is 1.35 bits per heavy atom. The summed E-state index contributed by atoms with van der Waals surface area (Å²) in [5.41, 5.74) is 7.13. The van der Waals surface area contributed by atoms with Gasteiger partial charge in [-0.1, -0.05) is 44.2 Å². The SMILES string of the molecule is CC1(C)CCN(C(=O)C(N)c2ccccc2)C1. The molecule has 3 heteroatoms. The van der Waals surface area contributed by atoms with Crippen molar-refractivity contribution in [3.8, 4) is 0 Å². The van der Waals surface area contributed by atoms with E-state index < -0.39 is 6.04 Å². The molecule has 1 saturated heterocycles. The fraction of sp³-hybridized carbons (Fsp3) is 0.500. The van der Waals surface area contributed by atoms with E-state index in [0.717, 1.165) is 25.1 Å². The highest BCUT2D eigenvalue weighted by atomic mass is 16.2. The molecule has 2 rings (SSSR count). The first-order chi connectivity index (χ1) is 7.99. The van der Waals surface area contributed by atoms with Crippen LogP contribution in [0.25, 0.3) is 0 Å². The number of rotatable bonds is 2. The zero-order valence-corrected chi connectivity index (χ0v) is 10.5. The topological polar surface area (TPSA) is 46.3 Å². The second-order valence-electron chi connectivity index (χ2n) is 5.56. The summed E-state index contributed by atoms with van der Waals surface area (Å²) in [4.78, 5) is 14.1. The van der Waals surface area contributed by atoms with Crippen LogP contribution in [0.1, 0.15) is 31.9 Å². The van der Waals surface area contributed by atoms with Gasteiger partial charge in [0.15, 0.2) is 0 Å². The number of nitrogens with zero attached hydrogens (tertiary/aromatic N) is 1. The van der Waals surface area contributed by atoms with Crippen molar-refractivity contribution in [2.45, 2.75) is 26.3 Å². The number of carbonyl (C=O) groups is 1. The molecule has 1 aliphatic rings. The number of hydrogen-bond donors (Lipinski definition) is 1. The lowest BCUT2D eigenvalue weighted by Crippen LogP contribution is -2.37. The average Bonchev–Trinajstić information content (AvgIpc) is 2.69. The lowest BCUT2D eigenvalue weighted by Gasteiger charge is -2.23. The lowest BCUT2D eigenvalue weighted by atomic mass is 9.93. The molecule has 0 saturated carbocycles. The van der Waals surface area contributed by atoms with Crippen molar-refractivity contribution >= 4 is 5.91 Å². The molecule has 0 aromatic heterocycles. The molecule has 1 atom stereocenters. The molecule has 1 aromatic rings. The van der Waals surface area contributed by atoms with Crippen molar-refractivity contribution in [1.82, 2.24) is 4.90 Å². The number of benzene rings is 1. The number of likely N-dealkylation sites (tertiary alicyclic amines) is 1. The molecule has 1 amide bonds. The first-order valence-electron chi connectivity index (χ1n) is 6.09. The van der Waals surface area contributed by atoms with Gasteiger partial charge in [-0.05, 0) is 17.4 Å². The minimum Gasteiger partial charge on any atom is -0.340 e. The Hall–Kier alpha value is -1.35. The minimum absolute atomic E-state index is 0.0433. The normalized spacial score (nSPS) is 20.3. The fourth-order valence-electron chi connectivity index (χ4n) is 2.30. The van der Waals surface area contributed by atoms with Gasteiger partial charge in [0, 0.05) is 13.1 Å². The van der Waals surface area contributed by atoms with Crippen LogP contribution < -0.4 is 5.73 Å². The fourth-order valence-corrected chi connectivity index (χ4v) is 2.30. The highest BCUT2D eigenvalue weighted by Gasteiger charge is 2.34. The van der Waals surface area contributed by atoms with Gasteiger partial charge in [-0.3, -0.25) is 4.79 Å². The monoisotopic (exact) mass is 232 g/mol. The Kier molecular flexibility index (Phi) is 3.20. The molecule has 1 aromatic carbocycles. The van der Waals surface area contributed by atoms with E-state index in [9.17, 15) is 4.79 Å². The number of amides is 1. The Balaban J connectivity index is 2.06. The molecule has 0 spiro atoms. The second kappa shape index (κ2) is 4.49. The summed E-state index contributed by atoms with van der Waals surface area (Å²) in [6.45, 7) is 6.02. The van der Waals surface area contributed by atoms with E-state index in [1.54, 1.807) is 0 Å². The van der Waals surface area contributed by atoms with Crippen molar-refractivity contribution in [3.63, 3.8) is 0 Å². The summed E-state index contributed by atoms with van der Waals surface area (Å²) in [6, 6.07) is 9.05. The highest BCUT2D eigenvalue weighted by Crippen LogP contribution is 2.30. The van der Waals surface area contributed by atoms with Crippen LogP contribution in [0.15, 0.2) is 30.3 Å². The van der Waals surface area contributed by atoms with Crippen LogP contribution in [0.2, 0.25) is 0 Å². The maximum Gasteiger partial charge on any atom is 0.244 e. The van der Waals surface area contributed by atoms with Crippen LogP contribution in [-0.2, 0) is 4.79 Å². The van der Waals surface area contributed by atoms with E-state index in [0.29, 0.717) is 0 Å². The Morgan fingerprint density at radius 3 is 2.53 bits per heavy atom. The summed E-state index contributed by atoms with van der Waals surface area (Å²) < 4.78 is 0. The van der Waals surface area contributed by atoms with Crippen molar-refractivity contribution in [2.24, 2.45) is 11.1 Å². The summed E-state index contributed by atoms with van der Waals surface area (Å²) in [5.74, 6) is 0.0433. The van der Waals surface area contributed by atoms with Crippen molar-refractivity contribution < 1.29 is 4.79 Å². The maximum absolute atomic E-state index is 12.2. The van der Waals surface area contributed by atoms with Gasteiger partial charge in [0.05, 0.1) is 0 Å². The highest BCUT2D eigenvalue weighted by molar-refractivity contribution is 5.83. The molecule has 3 nitrogen and oxygen atoms in total. The largest absolute Gasteiger partial charge is 0.340 e. The number of hydrogen-bond acceptors (Lipinski definition) is 2. The van der Waals surface area contributed by atoms with Gasteiger partial charge in [0.2, 0.25) is 5.91 Å². The summed E-state index contributed by atoms with van der Waals surface area (Å²) in [7, 11) is 0. The van der Waals surface area contributed by atoms with Crippen LogP contribution >= 0.6 is 0 Å². The standard InChI is InChI=1S/C14H20N2O/c1-14(2)8-9-16(10-14)13(17)12(15)11-6-4-3-5-7-11/h3-7,12H,8-10,15H2,1-2H3. The Labute approximate surface area is 103 Å². The molecule has 2 N–H and O–H groups in total. The Bertz CT molecular complexity index is 400. The molecule has 1 heterocycles. The zero-order chi connectivity index (χ0) is 12.5. The van der Waals surface area contributed by atoms with Gasteiger partial charge >= 0.3 is 0 Å². The molecule has 0 bridgehead atoms. The van der Waals surface area contributed by atoms with Crippen molar-refractivity contribution in [3.05, 3.63) is 35.9 Å². The smallest absolute Gasteiger partial charge is 0.244 e.